The van der Waals surface area contributed by atoms with Gasteiger partial charge in [-0.2, -0.15) is 0 Å². The van der Waals surface area contributed by atoms with Gasteiger partial charge < -0.3 is 19.9 Å². The van der Waals surface area contributed by atoms with Crippen molar-refractivity contribution in [2.75, 3.05) is 12.1 Å². The first kappa shape index (κ1) is 17.4. The van der Waals surface area contributed by atoms with E-state index in [-0.39, 0.29) is 12.7 Å². The Kier molecular flexibility index (Phi) is 4.71. The van der Waals surface area contributed by atoms with E-state index < -0.39 is 6.10 Å². The van der Waals surface area contributed by atoms with Gasteiger partial charge in [0.15, 0.2) is 11.5 Å². The maximum Gasteiger partial charge on any atom is 0.255 e. The van der Waals surface area contributed by atoms with E-state index in [0.29, 0.717) is 38.9 Å². The smallest absolute Gasteiger partial charge is 0.255 e. The zero-order chi connectivity index (χ0) is 18.8. The van der Waals surface area contributed by atoms with Crippen LogP contribution >= 0.6 is 11.6 Å². The molecule has 1 amide bonds. The van der Waals surface area contributed by atoms with Gasteiger partial charge in [0, 0.05) is 21.8 Å². The molecule has 1 aliphatic heterocycles. The summed E-state index contributed by atoms with van der Waals surface area (Å²) < 4.78 is 10.6. The van der Waals surface area contributed by atoms with Crippen LogP contribution in [0.25, 0.3) is 0 Å². The average Bonchev–Trinajstić information content (AvgIpc) is 3.17. The summed E-state index contributed by atoms with van der Waals surface area (Å²) in [5.74, 6) is 0.818. The summed E-state index contributed by atoms with van der Waals surface area (Å²) in [7, 11) is 0. The van der Waals surface area contributed by atoms with Crippen LogP contribution in [-0.4, -0.2) is 17.8 Å². The number of hydrogen-bond donors (Lipinski definition) is 2. The Hall–Kier alpha value is -3.02. The summed E-state index contributed by atoms with van der Waals surface area (Å²) in [6.07, 6.45) is -0.919. The molecular formula is C21H16ClNO4. The summed E-state index contributed by atoms with van der Waals surface area (Å²) in [5, 5.41) is 14.1. The van der Waals surface area contributed by atoms with Gasteiger partial charge in [-0.1, -0.05) is 41.9 Å². The fourth-order valence-corrected chi connectivity index (χ4v) is 3.10. The van der Waals surface area contributed by atoms with E-state index in [1.165, 1.54) is 0 Å². The molecule has 1 unspecified atom stereocenters. The number of aliphatic hydroxyl groups is 1. The molecule has 0 saturated heterocycles. The van der Waals surface area contributed by atoms with Crippen molar-refractivity contribution >= 4 is 23.2 Å². The number of amides is 1. The fourth-order valence-electron chi connectivity index (χ4n) is 2.92. The molecule has 0 fully saturated rings. The number of rotatable bonds is 4. The van der Waals surface area contributed by atoms with Crippen LogP contribution < -0.4 is 14.8 Å². The number of benzene rings is 3. The Morgan fingerprint density at radius 1 is 1.00 bits per heavy atom. The highest BCUT2D eigenvalue weighted by atomic mass is 35.5. The van der Waals surface area contributed by atoms with Crippen molar-refractivity contribution < 1.29 is 19.4 Å². The molecule has 27 heavy (non-hydrogen) atoms. The molecule has 136 valence electrons. The second-order valence-electron chi connectivity index (χ2n) is 6.07. The number of carbonyl (C=O) groups is 1. The highest BCUT2D eigenvalue weighted by molar-refractivity contribution is 6.30. The molecule has 0 saturated carbocycles. The minimum absolute atomic E-state index is 0.144. The number of nitrogens with one attached hydrogen (secondary N) is 1. The van der Waals surface area contributed by atoms with Gasteiger partial charge in [0.1, 0.15) is 6.10 Å². The van der Waals surface area contributed by atoms with Crippen molar-refractivity contribution in [3.05, 3.63) is 88.4 Å². The molecule has 3 aromatic rings. The van der Waals surface area contributed by atoms with Crippen molar-refractivity contribution in [3.8, 4) is 11.5 Å². The van der Waals surface area contributed by atoms with Crippen LogP contribution in [-0.2, 0) is 0 Å². The largest absolute Gasteiger partial charge is 0.454 e. The maximum atomic E-state index is 12.7. The van der Waals surface area contributed by atoms with E-state index >= 15 is 0 Å². The summed E-state index contributed by atoms with van der Waals surface area (Å²) in [6, 6.07) is 19.1. The predicted octanol–water partition coefficient (Wildman–Crippen LogP) is 4.40. The van der Waals surface area contributed by atoms with Gasteiger partial charge in [-0.15, -0.1) is 0 Å². The number of aliphatic hydroxyl groups excluding tert-OH is 1. The zero-order valence-electron chi connectivity index (χ0n) is 14.2. The zero-order valence-corrected chi connectivity index (χ0v) is 14.9. The molecule has 0 bridgehead atoms. The first-order chi connectivity index (χ1) is 13.1. The first-order valence-corrected chi connectivity index (χ1v) is 8.73. The monoisotopic (exact) mass is 381 g/mol. The molecule has 2 N–H and O–H groups in total. The van der Waals surface area contributed by atoms with Gasteiger partial charge in [-0.3, -0.25) is 4.79 Å². The fraction of sp³-hybridized carbons (Fsp3) is 0.0952. The molecular weight excluding hydrogens is 366 g/mol. The summed E-state index contributed by atoms with van der Waals surface area (Å²) in [4.78, 5) is 12.7. The maximum absolute atomic E-state index is 12.7. The van der Waals surface area contributed by atoms with Crippen LogP contribution in [0, 0.1) is 0 Å². The highest BCUT2D eigenvalue weighted by Gasteiger charge is 2.19. The third-order valence-electron chi connectivity index (χ3n) is 4.31. The van der Waals surface area contributed by atoms with Crippen LogP contribution in [0.3, 0.4) is 0 Å². The van der Waals surface area contributed by atoms with Crippen LogP contribution in [0.15, 0.2) is 66.7 Å². The van der Waals surface area contributed by atoms with Crippen molar-refractivity contribution in [3.63, 3.8) is 0 Å². The van der Waals surface area contributed by atoms with E-state index in [4.69, 9.17) is 21.1 Å². The van der Waals surface area contributed by atoms with E-state index in [0.717, 1.165) is 0 Å². The first-order valence-electron chi connectivity index (χ1n) is 8.35. The van der Waals surface area contributed by atoms with Gasteiger partial charge in [0.05, 0.1) is 0 Å². The Morgan fingerprint density at radius 3 is 2.59 bits per heavy atom. The Balaban J connectivity index is 1.63. The summed E-state index contributed by atoms with van der Waals surface area (Å²) in [6.45, 7) is 0.144. The van der Waals surface area contributed by atoms with Crippen molar-refractivity contribution in [2.45, 2.75) is 6.10 Å². The summed E-state index contributed by atoms with van der Waals surface area (Å²) in [5.41, 5.74) is 2.13. The molecule has 4 rings (SSSR count). The molecule has 0 radical (unpaired) electrons. The third kappa shape index (κ3) is 3.60. The van der Waals surface area contributed by atoms with Crippen LogP contribution in [0.2, 0.25) is 5.02 Å². The molecule has 0 spiro atoms. The molecule has 0 aromatic heterocycles. The topological polar surface area (TPSA) is 67.8 Å². The lowest BCUT2D eigenvalue weighted by Gasteiger charge is -2.17. The minimum Gasteiger partial charge on any atom is -0.454 e. The van der Waals surface area contributed by atoms with Gasteiger partial charge in [-0.25, -0.2) is 0 Å². The molecule has 5 nitrogen and oxygen atoms in total. The number of halogens is 1. The molecule has 1 atom stereocenters. The van der Waals surface area contributed by atoms with Gasteiger partial charge >= 0.3 is 0 Å². The Bertz CT molecular complexity index is 991. The predicted molar refractivity (Wildman–Crippen MR) is 102 cm³/mol. The van der Waals surface area contributed by atoms with Crippen molar-refractivity contribution in [1.29, 1.82) is 0 Å². The van der Waals surface area contributed by atoms with Crippen LogP contribution in [0.5, 0.6) is 11.5 Å². The molecule has 6 heteroatoms. The SMILES string of the molecule is O=C(Nc1ccc(Cl)cc1C(O)c1ccccc1)c1ccc2c(c1)OCO2. The standard InChI is InChI=1S/C21H16ClNO4/c22-15-7-8-17(16(11-15)20(24)13-4-2-1-3-5-13)23-21(25)14-6-9-18-19(10-14)27-12-26-18/h1-11,20,24H,12H2,(H,23,25). The van der Waals surface area contributed by atoms with Gasteiger partial charge in [0.2, 0.25) is 6.79 Å². The van der Waals surface area contributed by atoms with Crippen molar-refractivity contribution in [2.24, 2.45) is 0 Å². The number of ether oxygens (including phenoxy) is 2. The number of anilines is 1. The van der Waals surface area contributed by atoms with Crippen LogP contribution in [0.4, 0.5) is 5.69 Å². The Morgan fingerprint density at radius 2 is 1.78 bits per heavy atom. The number of carbonyl (C=O) groups excluding carboxylic acids is 1. The van der Waals surface area contributed by atoms with Gasteiger partial charge in [-0.05, 0) is 42.0 Å². The highest BCUT2D eigenvalue weighted by Crippen LogP contribution is 2.34. The van der Waals surface area contributed by atoms with Gasteiger partial charge in [0.25, 0.3) is 5.91 Å². The van der Waals surface area contributed by atoms with E-state index in [1.54, 1.807) is 36.4 Å². The molecule has 1 aliphatic rings. The third-order valence-corrected chi connectivity index (χ3v) is 4.54. The van der Waals surface area contributed by atoms with E-state index in [1.807, 2.05) is 30.3 Å². The van der Waals surface area contributed by atoms with Crippen molar-refractivity contribution in [1.82, 2.24) is 0 Å². The lowest BCUT2D eigenvalue weighted by Crippen LogP contribution is -2.14. The normalized spacial score (nSPS) is 13.3. The van der Waals surface area contributed by atoms with E-state index in [9.17, 15) is 9.90 Å². The second-order valence-corrected chi connectivity index (χ2v) is 6.50. The number of fused-ring (bicyclic) bond motifs is 1. The lowest BCUT2D eigenvalue weighted by atomic mass is 9.99. The summed E-state index contributed by atoms with van der Waals surface area (Å²) >= 11 is 6.11. The minimum atomic E-state index is -0.919. The number of hydrogen-bond acceptors (Lipinski definition) is 4. The average molecular weight is 382 g/mol. The molecule has 1 heterocycles. The Labute approximate surface area is 161 Å². The quantitative estimate of drug-likeness (QED) is 0.702. The lowest BCUT2D eigenvalue weighted by molar-refractivity contribution is 0.102. The van der Waals surface area contributed by atoms with E-state index in [2.05, 4.69) is 5.32 Å². The molecule has 3 aromatic carbocycles. The van der Waals surface area contributed by atoms with Crippen LogP contribution in [0.1, 0.15) is 27.6 Å². The second kappa shape index (κ2) is 7.31. The molecule has 0 aliphatic carbocycles.